The standard InChI is InChI=1S/C10H18F3NO4S/c1-8(2,3)5-6-19(17,18)14-9(4,7(15)16)10(11,12)13/h14H,5-6H2,1-4H3,(H,15,16). The van der Waals surface area contributed by atoms with Crippen molar-refractivity contribution in [3.8, 4) is 0 Å². The van der Waals surface area contributed by atoms with Gasteiger partial charge in [0.25, 0.3) is 0 Å². The number of carboxylic acids is 1. The first-order chi connectivity index (χ1) is 8.11. The smallest absolute Gasteiger partial charge is 0.418 e. The van der Waals surface area contributed by atoms with Crippen molar-refractivity contribution in [3.05, 3.63) is 0 Å². The lowest BCUT2D eigenvalue weighted by atomic mass is 9.94. The topological polar surface area (TPSA) is 83.5 Å². The summed E-state index contributed by atoms with van der Waals surface area (Å²) in [5, 5.41) is 8.61. The minimum absolute atomic E-state index is 0.107. The van der Waals surface area contributed by atoms with Gasteiger partial charge in [0.05, 0.1) is 5.75 Å². The third-order valence-electron chi connectivity index (χ3n) is 2.48. The Morgan fingerprint density at radius 1 is 1.16 bits per heavy atom. The maximum Gasteiger partial charge on any atom is 0.418 e. The van der Waals surface area contributed by atoms with Crippen LogP contribution in [0.25, 0.3) is 0 Å². The molecule has 19 heavy (non-hydrogen) atoms. The van der Waals surface area contributed by atoms with Crippen LogP contribution in [0.15, 0.2) is 0 Å². The van der Waals surface area contributed by atoms with Gasteiger partial charge in [-0.2, -0.15) is 17.9 Å². The molecule has 0 aromatic carbocycles. The summed E-state index contributed by atoms with van der Waals surface area (Å²) in [4.78, 5) is 10.7. The molecule has 1 unspecified atom stereocenters. The van der Waals surface area contributed by atoms with Crippen molar-refractivity contribution < 1.29 is 31.5 Å². The van der Waals surface area contributed by atoms with Gasteiger partial charge in [-0.3, -0.25) is 0 Å². The summed E-state index contributed by atoms with van der Waals surface area (Å²) in [6.07, 6.45) is -5.12. The maximum atomic E-state index is 12.7. The van der Waals surface area contributed by atoms with Crippen LogP contribution in [-0.4, -0.2) is 37.0 Å². The van der Waals surface area contributed by atoms with E-state index in [0.717, 1.165) is 0 Å². The van der Waals surface area contributed by atoms with E-state index in [4.69, 9.17) is 5.11 Å². The van der Waals surface area contributed by atoms with Crippen LogP contribution < -0.4 is 4.72 Å². The molecule has 0 heterocycles. The molecule has 0 rings (SSSR count). The molecular formula is C10H18F3NO4S. The average Bonchev–Trinajstić information content (AvgIpc) is 2.11. The molecule has 9 heteroatoms. The molecule has 0 saturated heterocycles. The zero-order valence-corrected chi connectivity index (χ0v) is 11.9. The van der Waals surface area contributed by atoms with E-state index in [1.165, 1.54) is 4.72 Å². The van der Waals surface area contributed by atoms with Crippen LogP contribution in [0, 0.1) is 5.41 Å². The molecule has 1 atom stereocenters. The Kier molecular flexibility index (Phi) is 5.05. The molecule has 0 aromatic rings. The summed E-state index contributed by atoms with van der Waals surface area (Å²) in [6, 6.07) is 0. The van der Waals surface area contributed by atoms with Crippen LogP contribution in [-0.2, 0) is 14.8 Å². The zero-order chi connectivity index (χ0) is 15.7. The van der Waals surface area contributed by atoms with E-state index in [0.29, 0.717) is 0 Å². The van der Waals surface area contributed by atoms with E-state index in [1.807, 2.05) is 0 Å². The largest absolute Gasteiger partial charge is 0.480 e. The second kappa shape index (κ2) is 5.28. The molecule has 0 radical (unpaired) electrons. The van der Waals surface area contributed by atoms with E-state index in [-0.39, 0.29) is 13.3 Å². The van der Waals surface area contributed by atoms with Crippen LogP contribution >= 0.6 is 0 Å². The van der Waals surface area contributed by atoms with Gasteiger partial charge >= 0.3 is 12.1 Å². The normalized spacial score (nSPS) is 17.0. The lowest BCUT2D eigenvalue weighted by Crippen LogP contribution is -2.62. The monoisotopic (exact) mass is 305 g/mol. The summed E-state index contributed by atoms with van der Waals surface area (Å²) in [5.41, 5.74) is -3.92. The van der Waals surface area contributed by atoms with Gasteiger partial charge in [0.1, 0.15) is 0 Å². The van der Waals surface area contributed by atoms with Crippen LogP contribution in [0.2, 0.25) is 0 Å². The first-order valence-electron chi connectivity index (χ1n) is 5.42. The van der Waals surface area contributed by atoms with Crippen LogP contribution in [0.1, 0.15) is 34.1 Å². The number of hydrogen-bond donors (Lipinski definition) is 2. The van der Waals surface area contributed by atoms with E-state index in [1.54, 1.807) is 20.8 Å². The lowest BCUT2D eigenvalue weighted by molar-refractivity contribution is -0.201. The number of aliphatic carboxylic acids is 1. The molecule has 0 spiro atoms. The SMILES string of the molecule is CC(C)(C)CCS(=O)(=O)NC(C)(C(=O)O)C(F)(F)F. The minimum atomic E-state index is -5.23. The predicted molar refractivity (Wildman–Crippen MR) is 63.1 cm³/mol. The number of rotatable bonds is 5. The molecule has 0 fully saturated rings. The molecule has 114 valence electrons. The van der Waals surface area contributed by atoms with Crippen molar-refractivity contribution in [1.29, 1.82) is 0 Å². The molecule has 0 aliphatic carbocycles. The highest BCUT2D eigenvalue weighted by Gasteiger charge is 2.59. The average molecular weight is 305 g/mol. The van der Waals surface area contributed by atoms with E-state index < -0.39 is 38.9 Å². The third kappa shape index (κ3) is 5.35. The van der Waals surface area contributed by atoms with E-state index in [2.05, 4.69) is 0 Å². The lowest BCUT2D eigenvalue weighted by Gasteiger charge is -2.28. The van der Waals surface area contributed by atoms with Gasteiger partial charge in [0, 0.05) is 0 Å². The fourth-order valence-corrected chi connectivity index (χ4v) is 2.83. The molecule has 0 bridgehead atoms. The zero-order valence-electron chi connectivity index (χ0n) is 11.1. The number of sulfonamides is 1. The second-order valence-electron chi connectivity index (χ2n) is 5.66. The summed E-state index contributed by atoms with van der Waals surface area (Å²) in [7, 11) is -4.35. The highest BCUT2D eigenvalue weighted by atomic mass is 32.2. The van der Waals surface area contributed by atoms with Gasteiger partial charge in [0.15, 0.2) is 0 Å². The number of halogens is 3. The van der Waals surface area contributed by atoms with Gasteiger partial charge in [-0.25, -0.2) is 13.2 Å². The first kappa shape index (κ1) is 18.2. The van der Waals surface area contributed by atoms with Crippen LogP contribution in [0.5, 0.6) is 0 Å². The van der Waals surface area contributed by atoms with E-state index in [9.17, 15) is 26.4 Å². The molecule has 0 aliphatic rings. The second-order valence-corrected chi connectivity index (χ2v) is 7.50. The fraction of sp³-hybridized carbons (Fsp3) is 0.900. The number of carbonyl (C=O) groups is 1. The Labute approximate surface area is 110 Å². The van der Waals surface area contributed by atoms with Gasteiger partial charge in [-0.05, 0) is 18.8 Å². The molecule has 0 amide bonds. The molecule has 0 aliphatic heterocycles. The highest BCUT2D eigenvalue weighted by molar-refractivity contribution is 7.89. The van der Waals surface area contributed by atoms with Crippen molar-refractivity contribution in [3.63, 3.8) is 0 Å². The summed E-state index contributed by atoms with van der Waals surface area (Å²) in [5.74, 6) is -2.87. The number of hydrogen-bond acceptors (Lipinski definition) is 3. The molecular weight excluding hydrogens is 287 g/mol. The van der Waals surface area contributed by atoms with Crippen LogP contribution in [0.4, 0.5) is 13.2 Å². The van der Waals surface area contributed by atoms with Crippen molar-refractivity contribution in [2.24, 2.45) is 5.41 Å². The fourth-order valence-electron chi connectivity index (χ4n) is 1.03. The van der Waals surface area contributed by atoms with Crippen molar-refractivity contribution in [1.82, 2.24) is 4.72 Å². The molecule has 0 saturated carbocycles. The Balaban J connectivity index is 5.13. The van der Waals surface area contributed by atoms with Gasteiger partial charge in [-0.15, -0.1) is 0 Å². The molecule has 2 N–H and O–H groups in total. The van der Waals surface area contributed by atoms with Crippen LogP contribution in [0.3, 0.4) is 0 Å². The highest BCUT2D eigenvalue weighted by Crippen LogP contribution is 2.31. The number of nitrogens with one attached hydrogen (secondary N) is 1. The summed E-state index contributed by atoms with van der Waals surface area (Å²) < 4.78 is 62.3. The molecule has 5 nitrogen and oxygen atoms in total. The minimum Gasteiger partial charge on any atom is -0.480 e. The van der Waals surface area contributed by atoms with Gasteiger partial charge in [-0.1, -0.05) is 20.8 Å². The number of carboxylic acid groups (broad SMARTS) is 1. The summed E-state index contributed by atoms with van der Waals surface area (Å²) in [6.45, 7) is 5.46. The predicted octanol–water partition coefficient (Wildman–Crippen LogP) is 1.75. The summed E-state index contributed by atoms with van der Waals surface area (Å²) >= 11 is 0. The molecule has 0 aromatic heterocycles. The Morgan fingerprint density at radius 3 is 1.84 bits per heavy atom. The number of alkyl halides is 3. The third-order valence-corrected chi connectivity index (χ3v) is 3.94. The van der Waals surface area contributed by atoms with Crippen molar-refractivity contribution >= 4 is 16.0 Å². The Bertz CT molecular complexity index is 439. The van der Waals surface area contributed by atoms with Gasteiger partial charge in [0.2, 0.25) is 15.6 Å². The van der Waals surface area contributed by atoms with Crippen molar-refractivity contribution in [2.45, 2.75) is 45.8 Å². The quantitative estimate of drug-likeness (QED) is 0.810. The van der Waals surface area contributed by atoms with E-state index >= 15 is 0 Å². The Morgan fingerprint density at radius 2 is 1.58 bits per heavy atom. The van der Waals surface area contributed by atoms with Gasteiger partial charge < -0.3 is 5.11 Å². The first-order valence-corrected chi connectivity index (χ1v) is 7.08. The maximum absolute atomic E-state index is 12.7. The van der Waals surface area contributed by atoms with Crippen molar-refractivity contribution in [2.75, 3.05) is 5.75 Å². The Hall–Kier alpha value is -0.830.